The molecule has 0 spiro atoms. The molecule has 0 saturated carbocycles. The average molecular weight is 401 g/mol. The first kappa shape index (κ1) is 18.7. The largest absolute Gasteiger partial charge is 0.371 e. The number of fused-ring (bicyclic) bond motifs is 1. The molecule has 1 aromatic heterocycles. The van der Waals surface area contributed by atoms with E-state index in [-0.39, 0.29) is 17.7 Å². The zero-order chi connectivity index (χ0) is 19.5. The second kappa shape index (κ2) is 8.18. The summed E-state index contributed by atoms with van der Waals surface area (Å²) >= 11 is 5.95. The minimum absolute atomic E-state index is 0.0121. The van der Waals surface area contributed by atoms with Gasteiger partial charge in [0.25, 0.3) is 0 Å². The molecule has 1 fully saturated rings. The fraction of sp³-hybridized carbons (Fsp3) is 0.300. The number of H-pyrrole nitrogens is 2. The van der Waals surface area contributed by atoms with Crippen molar-refractivity contribution in [1.29, 1.82) is 0 Å². The van der Waals surface area contributed by atoms with E-state index in [9.17, 15) is 9.59 Å². The lowest BCUT2D eigenvalue weighted by atomic mass is 10.1. The van der Waals surface area contributed by atoms with Crippen LogP contribution in [0.5, 0.6) is 0 Å². The fourth-order valence-electron chi connectivity index (χ4n) is 3.38. The smallest absolute Gasteiger partial charge is 0.323 e. The Hall–Kier alpha value is -2.61. The monoisotopic (exact) mass is 400 g/mol. The maximum Gasteiger partial charge on any atom is 0.323 e. The highest BCUT2D eigenvalue weighted by atomic mass is 35.5. The van der Waals surface area contributed by atoms with Gasteiger partial charge >= 0.3 is 5.69 Å². The first-order valence-corrected chi connectivity index (χ1v) is 9.56. The molecule has 4 rings (SSSR count). The van der Waals surface area contributed by atoms with Crippen LogP contribution in [0.15, 0.2) is 47.3 Å². The molecule has 0 aliphatic carbocycles. The number of aromatic nitrogens is 2. The van der Waals surface area contributed by atoms with Crippen LogP contribution in [-0.2, 0) is 9.53 Å². The number of carbonyl (C=O) groups is 1. The van der Waals surface area contributed by atoms with Crippen molar-refractivity contribution in [2.24, 2.45) is 0 Å². The van der Waals surface area contributed by atoms with Gasteiger partial charge in [0.2, 0.25) is 5.91 Å². The van der Waals surface area contributed by atoms with Crippen molar-refractivity contribution in [1.82, 2.24) is 14.9 Å². The molecular weight excluding hydrogens is 380 g/mol. The van der Waals surface area contributed by atoms with Gasteiger partial charge in [-0.25, -0.2) is 4.79 Å². The van der Waals surface area contributed by atoms with Gasteiger partial charge in [-0.15, -0.1) is 0 Å². The van der Waals surface area contributed by atoms with Gasteiger partial charge in [-0.05, 0) is 35.9 Å². The topological polar surface area (TPSA) is 90.2 Å². The van der Waals surface area contributed by atoms with Crippen LogP contribution >= 0.6 is 11.6 Å². The number of ether oxygens (including phenoxy) is 1. The lowest BCUT2D eigenvalue weighted by Crippen LogP contribution is -2.39. The van der Waals surface area contributed by atoms with Gasteiger partial charge in [-0.1, -0.05) is 23.7 Å². The summed E-state index contributed by atoms with van der Waals surface area (Å²) in [7, 11) is 0. The highest BCUT2D eigenvalue weighted by Crippen LogP contribution is 2.24. The van der Waals surface area contributed by atoms with Crippen LogP contribution in [-0.4, -0.2) is 47.0 Å². The van der Waals surface area contributed by atoms with Crippen molar-refractivity contribution in [3.63, 3.8) is 0 Å². The number of hydrogen-bond donors (Lipinski definition) is 3. The van der Waals surface area contributed by atoms with E-state index >= 15 is 0 Å². The summed E-state index contributed by atoms with van der Waals surface area (Å²) in [6.07, 6.45) is 0.372. The Morgan fingerprint density at radius 2 is 1.96 bits per heavy atom. The van der Waals surface area contributed by atoms with Crippen molar-refractivity contribution in [3.05, 3.63) is 63.5 Å². The number of benzene rings is 2. The molecule has 0 bridgehead atoms. The highest BCUT2D eigenvalue weighted by Gasteiger charge is 2.22. The molecule has 1 unspecified atom stereocenters. The van der Waals surface area contributed by atoms with Gasteiger partial charge in [0.1, 0.15) is 0 Å². The summed E-state index contributed by atoms with van der Waals surface area (Å²) in [6, 6.07) is 13.0. The van der Waals surface area contributed by atoms with Crippen molar-refractivity contribution in [2.75, 3.05) is 31.6 Å². The van der Waals surface area contributed by atoms with E-state index in [1.807, 2.05) is 24.3 Å². The Labute approximate surface area is 166 Å². The van der Waals surface area contributed by atoms with Crippen molar-refractivity contribution >= 4 is 34.2 Å². The number of morpholine rings is 1. The summed E-state index contributed by atoms with van der Waals surface area (Å²) in [5.74, 6) is -0.0632. The molecule has 1 aliphatic rings. The van der Waals surface area contributed by atoms with Crippen LogP contribution in [0.3, 0.4) is 0 Å². The van der Waals surface area contributed by atoms with Gasteiger partial charge in [0.15, 0.2) is 0 Å². The van der Waals surface area contributed by atoms with E-state index in [2.05, 4.69) is 20.2 Å². The van der Waals surface area contributed by atoms with Crippen LogP contribution in [0.1, 0.15) is 18.1 Å². The van der Waals surface area contributed by atoms with E-state index in [0.29, 0.717) is 41.3 Å². The first-order chi connectivity index (χ1) is 13.6. The Kier molecular flexibility index (Phi) is 5.47. The van der Waals surface area contributed by atoms with Gasteiger partial charge in [0.05, 0.1) is 23.7 Å². The lowest BCUT2D eigenvalue weighted by Gasteiger charge is -2.33. The van der Waals surface area contributed by atoms with Gasteiger partial charge < -0.3 is 20.0 Å². The second-order valence-corrected chi connectivity index (χ2v) is 7.29. The maximum absolute atomic E-state index is 12.3. The quantitative estimate of drug-likeness (QED) is 0.614. The zero-order valence-electron chi connectivity index (χ0n) is 15.2. The highest BCUT2D eigenvalue weighted by molar-refractivity contribution is 6.30. The predicted octanol–water partition coefficient (Wildman–Crippen LogP) is 2.91. The fourth-order valence-corrected chi connectivity index (χ4v) is 3.50. The van der Waals surface area contributed by atoms with Crippen LogP contribution in [0, 0.1) is 0 Å². The Morgan fingerprint density at radius 1 is 1.18 bits per heavy atom. The first-order valence-electron chi connectivity index (χ1n) is 9.18. The van der Waals surface area contributed by atoms with E-state index in [1.165, 1.54) is 0 Å². The molecule has 1 saturated heterocycles. The number of imidazole rings is 1. The third-order valence-electron chi connectivity index (χ3n) is 4.85. The molecule has 1 atom stereocenters. The zero-order valence-corrected chi connectivity index (χ0v) is 16.0. The summed E-state index contributed by atoms with van der Waals surface area (Å²) in [6.45, 7) is 2.83. The minimum Gasteiger partial charge on any atom is -0.371 e. The van der Waals surface area contributed by atoms with Crippen LogP contribution in [0.2, 0.25) is 5.02 Å². The van der Waals surface area contributed by atoms with Gasteiger partial charge in [-0.3, -0.25) is 9.69 Å². The molecule has 3 N–H and O–H groups in total. The van der Waals surface area contributed by atoms with Crippen LogP contribution in [0.25, 0.3) is 11.0 Å². The third kappa shape index (κ3) is 4.44. The molecule has 1 aliphatic heterocycles. The predicted molar refractivity (Wildman–Crippen MR) is 109 cm³/mol. The number of aromatic amines is 2. The molecule has 3 aromatic rings. The molecule has 0 radical (unpaired) electrons. The number of halogens is 1. The molecule has 2 aromatic carbocycles. The summed E-state index contributed by atoms with van der Waals surface area (Å²) < 4.78 is 5.86. The van der Waals surface area contributed by atoms with E-state index in [1.54, 1.807) is 18.2 Å². The summed E-state index contributed by atoms with van der Waals surface area (Å²) in [5.41, 5.74) is 2.87. The number of amides is 1. The van der Waals surface area contributed by atoms with Gasteiger partial charge in [0, 0.05) is 36.8 Å². The molecule has 2 heterocycles. The Morgan fingerprint density at radius 3 is 2.79 bits per heavy atom. The summed E-state index contributed by atoms with van der Waals surface area (Å²) in [5, 5.41) is 3.59. The number of nitrogens with one attached hydrogen (secondary N) is 3. The number of nitrogens with zero attached hydrogens (tertiary/aromatic N) is 1. The molecule has 146 valence electrons. The average Bonchev–Trinajstić information content (AvgIpc) is 3.06. The standard InChI is InChI=1S/C20H21ClN4O3/c21-14-3-1-13(2-4-14)18-12-25(9-10-28-18)8-7-19(26)22-15-5-6-16-17(11-15)24-20(27)23-16/h1-6,11,18H,7-10,12H2,(H,22,26)(H2,23,24,27). The van der Waals surface area contributed by atoms with Gasteiger partial charge in [-0.2, -0.15) is 0 Å². The Balaban J connectivity index is 1.31. The van der Waals surface area contributed by atoms with E-state index in [4.69, 9.17) is 16.3 Å². The molecular formula is C20H21ClN4O3. The number of anilines is 1. The van der Waals surface area contributed by atoms with Crippen LogP contribution in [0.4, 0.5) is 5.69 Å². The second-order valence-electron chi connectivity index (χ2n) is 6.85. The number of hydrogen-bond acceptors (Lipinski definition) is 4. The molecule has 7 nitrogen and oxygen atoms in total. The molecule has 8 heteroatoms. The van der Waals surface area contributed by atoms with Crippen molar-refractivity contribution in [3.8, 4) is 0 Å². The number of carbonyl (C=O) groups excluding carboxylic acids is 1. The normalized spacial score (nSPS) is 17.7. The van der Waals surface area contributed by atoms with Crippen molar-refractivity contribution in [2.45, 2.75) is 12.5 Å². The Bertz CT molecular complexity index is 1030. The number of rotatable bonds is 5. The van der Waals surface area contributed by atoms with E-state index < -0.39 is 0 Å². The molecule has 1 amide bonds. The SMILES string of the molecule is O=C(CCN1CCOC(c2ccc(Cl)cc2)C1)Nc1ccc2[nH]c(=O)[nH]c2c1. The van der Waals surface area contributed by atoms with Crippen LogP contribution < -0.4 is 11.0 Å². The maximum atomic E-state index is 12.3. The summed E-state index contributed by atoms with van der Waals surface area (Å²) in [4.78, 5) is 31.2. The third-order valence-corrected chi connectivity index (χ3v) is 5.10. The lowest BCUT2D eigenvalue weighted by molar-refractivity contribution is -0.117. The van der Waals surface area contributed by atoms with Crippen molar-refractivity contribution < 1.29 is 9.53 Å². The minimum atomic E-state index is -0.263. The van der Waals surface area contributed by atoms with E-state index in [0.717, 1.165) is 18.7 Å². The molecule has 28 heavy (non-hydrogen) atoms.